The van der Waals surface area contributed by atoms with Crippen molar-refractivity contribution in [1.29, 1.82) is 0 Å². The minimum absolute atomic E-state index is 0.0433. The zero-order valence-corrected chi connectivity index (χ0v) is 12.1. The van der Waals surface area contributed by atoms with Crippen LogP contribution in [0.5, 0.6) is 0 Å². The number of aryl methyl sites for hydroxylation is 2. The molecule has 19 heavy (non-hydrogen) atoms. The molecule has 0 spiro atoms. The van der Waals surface area contributed by atoms with Gasteiger partial charge in [0.15, 0.2) is 0 Å². The summed E-state index contributed by atoms with van der Waals surface area (Å²) in [6.45, 7) is 9.05. The fraction of sp³-hybridized carbons (Fsp3) is 0.714. The molecule has 0 radical (unpaired) electrons. The lowest BCUT2D eigenvalue weighted by atomic mass is 9.89. The van der Waals surface area contributed by atoms with E-state index in [0.29, 0.717) is 18.4 Å². The number of nitrogens with zero attached hydrogens (tertiary/aromatic N) is 1. The van der Waals surface area contributed by atoms with Gasteiger partial charge >= 0.3 is 0 Å². The number of nitrogens with one attached hydrogen (secondary N) is 2. The van der Waals surface area contributed by atoms with Crippen LogP contribution in [0, 0.1) is 19.8 Å². The van der Waals surface area contributed by atoms with Crippen molar-refractivity contribution in [3.63, 3.8) is 0 Å². The van der Waals surface area contributed by atoms with Crippen LogP contribution in [0.3, 0.4) is 0 Å². The second kappa shape index (κ2) is 5.74. The smallest absolute Gasteiger partial charge is 0.224 e. The van der Waals surface area contributed by atoms with E-state index in [4.69, 9.17) is 4.52 Å². The summed E-state index contributed by atoms with van der Waals surface area (Å²) in [4.78, 5) is 12.2. The minimum atomic E-state index is 0.0433. The van der Waals surface area contributed by atoms with E-state index in [0.717, 1.165) is 30.0 Å². The van der Waals surface area contributed by atoms with E-state index >= 15 is 0 Å². The number of amides is 1. The van der Waals surface area contributed by atoms with Gasteiger partial charge in [0.1, 0.15) is 5.76 Å². The van der Waals surface area contributed by atoms with E-state index in [-0.39, 0.29) is 11.9 Å². The van der Waals surface area contributed by atoms with Crippen LogP contribution in [0.25, 0.3) is 0 Å². The van der Waals surface area contributed by atoms with Gasteiger partial charge in [-0.1, -0.05) is 12.1 Å². The summed E-state index contributed by atoms with van der Waals surface area (Å²) in [6.07, 6.45) is 1.44. The Morgan fingerprint density at radius 2 is 2.21 bits per heavy atom. The van der Waals surface area contributed by atoms with Crippen molar-refractivity contribution < 1.29 is 9.32 Å². The van der Waals surface area contributed by atoms with E-state index in [9.17, 15) is 4.79 Å². The molecule has 2 rings (SSSR count). The molecule has 0 saturated carbocycles. The standard InChI is InChI=1S/C14H23N3O2/c1-8-5-6-15-10(3)14(8)16-13(18)7-12-9(2)17-19-11(12)4/h8,10,14-15H,5-7H2,1-4H3,(H,16,18). The van der Waals surface area contributed by atoms with E-state index in [1.807, 2.05) is 13.8 Å². The lowest BCUT2D eigenvalue weighted by Gasteiger charge is -2.36. The van der Waals surface area contributed by atoms with Crippen LogP contribution < -0.4 is 10.6 Å². The van der Waals surface area contributed by atoms with Gasteiger partial charge in [0.05, 0.1) is 12.1 Å². The molecule has 1 aromatic heterocycles. The summed E-state index contributed by atoms with van der Waals surface area (Å²) in [7, 11) is 0. The summed E-state index contributed by atoms with van der Waals surface area (Å²) >= 11 is 0. The Morgan fingerprint density at radius 1 is 1.47 bits per heavy atom. The largest absolute Gasteiger partial charge is 0.361 e. The van der Waals surface area contributed by atoms with Crippen LogP contribution in [-0.2, 0) is 11.2 Å². The lowest BCUT2D eigenvalue weighted by Crippen LogP contribution is -2.56. The van der Waals surface area contributed by atoms with Crippen molar-refractivity contribution >= 4 is 5.91 Å². The molecule has 1 aromatic rings. The average Bonchev–Trinajstić information content (AvgIpc) is 2.66. The first-order chi connectivity index (χ1) is 8.99. The second-order valence-electron chi connectivity index (χ2n) is 5.58. The molecule has 1 saturated heterocycles. The molecule has 2 heterocycles. The summed E-state index contributed by atoms with van der Waals surface area (Å²) in [5.74, 6) is 1.28. The topological polar surface area (TPSA) is 67.2 Å². The van der Waals surface area contributed by atoms with Crippen molar-refractivity contribution in [1.82, 2.24) is 15.8 Å². The molecule has 1 aliphatic heterocycles. The van der Waals surface area contributed by atoms with Gasteiger partial charge in [-0.2, -0.15) is 0 Å². The van der Waals surface area contributed by atoms with Crippen LogP contribution in [0.4, 0.5) is 0 Å². The molecule has 3 unspecified atom stereocenters. The number of rotatable bonds is 3. The predicted molar refractivity (Wildman–Crippen MR) is 72.9 cm³/mol. The first kappa shape index (κ1) is 14.1. The number of carbonyl (C=O) groups is 1. The first-order valence-corrected chi connectivity index (χ1v) is 6.93. The Balaban J connectivity index is 1.97. The predicted octanol–water partition coefficient (Wildman–Crippen LogP) is 1.34. The highest BCUT2D eigenvalue weighted by Gasteiger charge is 2.29. The molecule has 0 aromatic carbocycles. The molecule has 0 bridgehead atoms. The highest BCUT2D eigenvalue weighted by atomic mass is 16.5. The Labute approximate surface area is 114 Å². The van der Waals surface area contributed by atoms with Crippen LogP contribution in [0.2, 0.25) is 0 Å². The molecule has 5 nitrogen and oxygen atoms in total. The van der Waals surface area contributed by atoms with Crippen molar-refractivity contribution in [2.45, 2.75) is 52.6 Å². The number of piperidine rings is 1. The summed E-state index contributed by atoms with van der Waals surface area (Å²) < 4.78 is 5.09. The number of aromatic nitrogens is 1. The van der Waals surface area contributed by atoms with E-state index < -0.39 is 0 Å². The maximum atomic E-state index is 12.2. The van der Waals surface area contributed by atoms with Crippen LogP contribution >= 0.6 is 0 Å². The zero-order valence-electron chi connectivity index (χ0n) is 12.1. The Bertz CT molecular complexity index is 426. The maximum Gasteiger partial charge on any atom is 0.224 e. The van der Waals surface area contributed by atoms with Gasteiger partial charge in [-0.3, -0.25) is 4.79 Å². The Morgan fingerprint density at radius 3 is 2.79 bits per heavy atom. The minimum Gasteiger partial charge on any atom is -0.361 e. The third kappa shape index (κ3) is 3.15. The Hall–Kier alpha value is -1.36. The van der Waals surface area contributed by atoms with Gasteiger partial charge < -0.3 is 15.2 Å². The molecule has 3 atom stereocenters. The van der Waals surface area contributed by atoms with Gasteiger partial charge in [0, 0.05) is 17.6 Å². The third-order valence-electron chi connectivity index (χ3n) is 4.06. The van der Waals surface area contributed by atoms with Gasteiger partial charge in [0.2, 0.25) is 5.91 Å². The van der Waals surface area contributed by atoms with E-state index in [1.54, 1.807) is 0 Å². The van der Waals surface area contributed by atoms with Crippen molar-refractivity contribution in [3.05, 3.63) is 17.0 Å². The SMILES string of the molecule is Cc1noc(C)c1CC(=O)NC1C(C)CCNC1C. The van der Waals surface area contributed by atoms with Crippen molar-refractivity contribution in [2.24, 2.45) is 5.92 Å². The highest BCUT2D eigenvalue weighted by molar-refractivity contribution is 5.79. The number of carbonyl (C=O) groups excluding carboxylic acids is 1. The quantitative estimate of drug-likeness (QED) is 0.865. The highest BCUT2D eigenvalue weighted by Crippen LogP contribution is 2.17. The van der Waals surface area contributed by atoms with Crippen LogP contribution in [0.15, 0.2) is 4.52 Å². The zero-order chi connectivity index (χ0) is 14.0. The van der Waals surface area contributed by atoms with Crippen molar-refractivity contribution in [3.8, 4) is 0 Å². The van der Waals surface area contributed by atoms with Crippen molar-refractivity contribution in [2.75, 3.05) is 6.54 Å². The summed E-state index contributed by atoms with van der Waals surface area (Å²) in [6, 6.07) is 0.513. The van der Waals surface area contributed by atoms with Gasteiger partial charge in [-0.05, 0) is 39.7 Å². The number of hydrogen-bond acceptors (Lipinski definition) is 4. The second-order valence-corrected chi connectivity index (χ2v) is 5.58. The van der Waals surface area contributed by atoms with E-state index in [1.165, 1.54) is 0 Å². The summed E-state index contributed by atoms with van der Waals surface area (Å²) in [5.41, 5.74) is 1.71. The summed E-state index contributed by atoms with van der Waals surface area (Å²) in [5, 5.41) is 10.4. The van der Waals surface area contributed by atoms with Gasteiger partial charge in [-0.15, -0.1) is 0 Å². The monoisotopic (exact) mass is 265 g/mol. The Kier molecular flexibility index (Phi) is 4.24. The first-order valence-electron chi connectivity index (χ1n) is 6.93. The maximum absolute atomic E-state index is 12.2. The molecular weight excluding hydrogens is 242 g/mol. The molecule has 0 aliphatic carbocycles. The van der Waals surface area contributed by atoms with E-state index in [2.05, 4.69) is 29.6 Å². The normalized spacial score (nSPS) is 27.3. The lowest BCUT2D eigenvalue weighted by molar-refractivity contribution is -0.121. The molecule has 106 valence electrons. The molecular formula is C14H23N3O2. The molecule has 1 aliphatic rings. The molecule has 2 N–H and O–H groups in total. The van der Waals surface area contributed by atoms with Crippen LogP contribution in [-0.4, -0.2) is 29.7 Å². The fourth-order valence-electron chi connectivity index (χ4n) is 2.76. The number of hydrogen-bond donors (Lipinski definition) is 2. The molecule has 1 amide bonds. The van der Waals surface area contributed by atoms with Crippen LogP contribution in [0.1, 0.15) is 37.3 Å². The van der Waals surface area contributed by atoms with Gasteiger partial charge in [-0.25, -0.2) is 0 Å². The molecule has 1 fully saturated rings. The average molecular weight is 265 g/mol. The third-order valence-corrected chi connectivity index (χ3v) is 4.06. The molecule has 5 heteroatoms. The fourth-order valence-corrected chi connectivity index (χ4v) is 2.76. The van der Waals surface area contributed by atoms with Gasteiger partial charge in [0.25, 0.3) is 0 Å².